The Kier molecular flexibility index (Phi) is 3.34. The molecule has 0 bridgehead atoms. The zero-order chi connectivity index (χ0) is 13.2. The molecule has 1 atom stereocenters. The average molecular weight is 256 g/mol. The molecule has 0 aliphatic carbocycles. The second kappa shape index (κ2) is 5.13. The topological polar surface area (TPSA) is 56.7 Å². The van der Waals surface area contributed by atoms with Crippen molar-refractivity contribution in [1.29, 1.82) is 0 Å². The maximum Gasteiger partial charge on any atom is 0.164 e. The molecule has 0 saturated carbocycles. The molecular formula is C15H20N4. The lowest BCUT2D eigenvalue weighted by molar-refractivity contribution is 0.391. The van der Waals surface area contributed by atoms with E-state index in [1.807, 2.05) is 0 Å². The zero-order valence-electron chi connectivity index (χ0n) is 11.3. The average Bonchev–Trinajstić information content (AvgIpc) is 2.89. The van der Waals surface area contributed by atoms with Gasteiger partial charge < -0.3 is 10.3 Å². The number of rotatable bonds is 3. The van der Waals surface area contributed by atoms with Gasteiger partial charge in [-0.3, -0.25) is 0 Å². The fourth-order valence-electron chi connectivity index (χ4n) is 2.84. The quantitative estimate of drug-likeness (QED) is 0.914. The lowest BCUT2D eigenvalue weighted by atomic mass is 9.97. The molecule has 0 saturated heterocycles. The molecule has 4 nitrogen and oxygen atoms in total. The Balaban J connectivity index is 2.01. The summed E-state index contributed by atoms with van der Waals surface area (Å²) in [4.78, 5) is 0. The summed E-state index contributed by atoms with van der Waals surface area (Å²) in [7, 11) is 0. The molecule has 1 aromatic heterocycles. The Hall–Kier alpha value is -1.68. The first-order valence-electron chi connectivity index (χ1n) is 7.04. The van der Waals surface area contributed by atoms with E-state index in [0.717, 1.165) is 44.0 Å². The number of nitrogens with zero attached hydrogens (tertiary/aromatic N) is 3. The lowest BCUT2D eigenvalue weighted by Gasteiger charge is -2.22. The molecule has 4 heteroatoms. The first kappa shape index (κ1) is 12.4. The molecule has 19 heavy (non-hydrogen) atoms. The number of fused-ring (bicyclic) bond motifs is 1. The molecule has 0 spiro atoms. The highest BCUT2D eigenvalue weighted by Gasteiger charge is 2.23. The van der Waals surface area contributed by atoms with Gasteiger partial charge in [-0.25, -0.2) is 0 Å². The summed E-state index contributed by atoms with van der Waals surface area (Å²) in [5.74, 6) is 2.66. The van der Waals surface area contributed by atoms with Gasteiger partial charge >= 0.3 is 0 Å². The monoisotopic (exact) mass is 256 g/mol. The van der Waals surface area contributed by atoms with Crippen LogP contribution in [0.4, 0.5) is 0 Å². The SMILES string of the molecule is CCc1ccccc1-c1nnc2n1CCC(CN)C2. The predicted octanol–water partition coefficient (Wildman–Crippen LogP) is 2.03. The Morgan fingerprint density at radius 3 is 2.95 bits per heavy atom. The van der Waals surface area contributed by atoms with E-state index >= 15 is 0 Å². The highest BCUT2D eigenvalue weighted by Crippen LogP contribution is 2.27. The molecule has 100 valence electrons. The third-order valence-electron chi connectivity index (χ3n) is 4.03. The number of aryl methyl sites for hydroxylation is 1. The van der Waals surface area contributed by atoms with Crippen LogP contribution in [-0.4, -0.2) is 21.3 Å². The second-order valence-corrected chi connectivity index (χ2v) is 5.20. The van der Waals surface area contributed by atoms with Crippen LogP contribution in [0.5, 0.6) is 0 Å². The third kappa shape index (κ3) is 2.16. The van der Waals surface area contributed by atoms with Crippen molar-refractivity contribution in [2.45, 2.75) is 32.7 Å². The van der Waals surface area contributed by atoms with Gasteiger partial charge in [0, 0.05) is 18.5 Å². The fraction of sp³-hybridized carbons (Fsp3) is 0.467. The van der Waals surface area contributed by atoms with Crippen molar-refractivity contribution in [3.05, 3.63) is 35.7 Å². The van der Waals surface area contributed by atoms with Crippen molar-refractivity contribution in [1.82, 2.24) is 14.8 Å². The molecule has 0 amide bonds. The summed E-state index contributed by atoms with van der Waals surface area (Å²) >= 11 is 0. The fourth-order valence-corrected chi connectivity index (χ4v) is 2.84. The Morgan fingerprint density at radius 1 is 1.32 bits per heavy atom. The molecule has 0 radical (unpaired) electrons. The van der Waals surface area contributed by atoms with E-state index in [4.69, 9.17) is 5.73 Å². The van der Waals surface area contributed by atoms with Gasteiger partial charge in [-0.15, -0.1) is 10.2 Å². The van der Waals surface area contributed by atoms with Crippen LogP contribution in [0.1, 0.15) is 24.7 Å². The second-order valence-electron chi connectivity index (χ2n) is 5.20. The van der Waals surface area contributed by atoms with Gasteiger partial charge in [-0.2, -0.15) is 0 Å². The third-order valence-corrected chi connectivity index (χ3v) is 4.03. The van der Waals surface area contributed by atoms with Gasteiger partial charge in [0.2, 0.25) is 0 Å². The Labute approximate surface area is 113 Å². The standard InChI is InChI=1S/C15H20N4/c1-2-12-5-3-4-6-13(12)15-18-17-14-9-11(10-16)7-8-19(14)15/h3-6,11H,2,7-10,16H2,1H3. The van der Waals surface area contributed by atoms with Crippen LogP contribution in [0.15, 0.2) is 24.3 Å². The number of benzene rings is 1. The van der Waals surface area contributed by atoms with Crippen molar-refractivity contribution in [3.63, 3.8) is 0 Å². The summed E-state index contributed by atoms with van der Waals surface area (Å²) in [5.41, 5.74) is 8.32. The van der Waals surface area contributed by atoms with Gasteiger partial charge in [-0.1, -0.05) is 31.2 Å². The number of nitrogens with two attached hydrogens (primary N) is 1. The zero-order valence-corrected chi connectivity index (χ0v) is 11.3. The minimum atomic E-state index is 0.561. The first-order valence-corrected chi connectivity index (χ1v) is 7.04. The van der Waals surface area contributed by atoms with Gasteiger partial charge in [0.1, 0.15) is 5.82 Å². The number of hydrogen-bond acceptors (Lipinski definition) is 3. The maximum atomic E-state index is 5.77. The van der Waals surface area contributed by atoms with Crippen LogP contribution in [-0.2, 0) is 19.4 Å². The Morgan fingerprint density at radius 2 is 2.16 bits per heavy atom. The molecule has 1 aliphatic heterocycles. The van der Waals surface area contributed by atoms with Crippen LogP contribution in [0, 0.1) is 5.92 Å². The molecule has 2 heterocycles. The molecule has 1 aliphatic rings. The number of hydrogen-bond donors (Lipinski definition) is 1. The van der Waals surface area contributed by atoms with Crippen molar-refractivity contribution in [2.24, 2.45) is 11.7 Å². The summed E-state index contributed by atoms with van der Waals surface area (Å²) in [6.45, 7) is 3.90. The molecule has 0 fully saturated rings. The van der Waals surface area contributed by atoms with E-state index in [0.29, 0.717) is 5.92 Å². The first-order chi connectivity index (χ1) is 9.33. The van der Waals surface area contributed by atoms with Crippen LogP contribution in [0.25, 0.3) is 11.4 Å². The van der Waals surface area contributed by atoms with Crippen LogP contribution in [0.2, 0.25) is 0 Å². The van der Waals surface area contributed by atoms with E-state index < -0.39 is 0 Å². The highest BCUT2D eigenvalue weighted by atomic mass is 15.3. The minimum Gasteiger partial charge on any atom is -0.330 e. The van der Waals surface area contributed by atoms with E-state index in [9.17, 15) is 0 Å². The molecule has 1 unspecified atom stereocenters. The summed E-state index contributed by atoms with van der Waals surface area (Å²) in [6, 6.07) is 8.47. The number of aromatic nitrogens is 3. The molecule has 1 aromatic carbocycles. The summed E-state index contributed by atoms with van der Waals surface area (Å²) < 4.78 is 2.26. The summed E-state index contributed by atoms with van der Waals surface area (Å²) in [6.07, 6.45) is 3.10. The van der Waals surface area contributed by atoms with Gasteiger partial charge in [0.15, 0.2) is 5.82 Å². The lowest BCUT2D eigenvalue weighted by Crippen LogP contribution is -2.25. The molecular weight excluding hydrogens is 236 g/mol. The predicted molar refractivity (Wildman–Crippen MR) is 75.7 cm³/mol. The summed E-state index contributed by atoms with van der Waals surface area (Å²) in [5, 5.41) is 8.78. The Bertz CT molecular complexity index is 573. The van der Waals surface area contributed by atoms with Crippen molar-refractivity contribution in [2.75, 3.05) is 6.54 Å². The van der Waals surface area contributed by atoms with E-state index in [2.05, 4.69) is 46.0 Å². The largest absolute Gasteiger partial charge is 0.330 e. The van der Waals surface area contributed by atoms with Crippen LogP contribution in [0.3, 0.4) is 0 Å². The van der Waals surface area contributed by atoms with Crippen LogP contribution >= 0.6 is 0 Å². The minimum absolute atomic E-state index is 0.561. The van der Waals surface area contributed by atoms with E-state index in [1.54, 1.807) is 0 Å². The van der Waals surface area contributed by atoms with Gasteiger partial charge in [-0.05, 0) is 30.9 Å². The van der Waals surface area contributed by atoms with Crippen molar-refractivity contribution >= 4 is 0 Å². The van der Waals surface area contributed by atoms with Crippen LogP contribution < -0.4 is 5.73 Å². The molecule has 3 rings (SSSR count). The maximum absolute atomic E-state index is 5.77. The van der Waals surface area contributed by atoms with Gasteiger partial charge in [0.05, 0.1) is 0 Å². The van der Waals surface area contributed by atoms with Crippen molar-refractivity contribution in [3.8, 4) is 11.4 Å². The normalized spacial score (nSPS) is 18.3. The van der Waals surface area contributed by atoms with Crippen molar-refractivity contribution < 1.29 is 0 Å². The van der Waals surface area contributed by atoms with Gasteiger partial charge in [0.25, 0.3) is 0 Å². The van der Waals surface area contributed by atoms with E-state index in [1.165, 1.54) is 11.1 Å². The molecule has 2 aromatic rings. The molecule has 2 N–H and O–H groups in total. The highest BCUT2D eigenvalue weighted by molar-refractivity contribution is 5.60. The smallest absolute Gasteiger partial charge is 0.164 e. The van der Waals surface area contributed by atoms with E-state index in [-0.39, 0.29) is 0 Å².